The highest BCUT2D eigenvalue weighted by Crippen LogP contribution is 2.35. The number of rotatable bonds is 3. The van der Waals surface area contributed by atoms with Crippen molar-refractivity contribution in [2.75, 3.05) is 31.1 Å². The Labute approximate surface area is 148 Å². The number of benzene rings is 1. The molecule has 5 heteroatoms. The van der Waals surface area contributed by atoms with Gasteiger partial charge in [0.1, 0.15) is 0 Å². The number of amides is 2. The molecule has 3 fully saturated rings. The monoisotopic (exact) mass is 342 g/mol. The summed E-state index contributed by atoms with van der Waals surface area (Å²) in [5.41, 5.74) is 0.0443. The van der Waals surface area contributed by atoms with Crippen molar-refractivity contribution in [1.82, 2.24) is 4.90 Å². The molecule has 1 atom stereocenters. The van der Waals surface area contributed by atoms with Gasteiger partial charge in [0.2, 0.25) is 5.91 Å². The smallest absolute Gasteiger partial charge is 0.261 e. The third kappa shape index (κ3) is 3.43. The summed E-state index contributed by atoms with van der Waals surface area (Å²) in [4.78, 5) is 29.7. The van der Waals surface area contributed by atoms with Gasteiger partial charge in [-0.05, 0) is 50.2 Å². The number of carbonyl (C=O) groups is 2. The van der Waals surface area contributed by atoms with Crippen LogP contribution in [0.1, 0.15) is 38.5 Å². The molecule has 5 nitrogen and oxygen atoms in total. The summed E-state index contributed by atoms with van der Waals surface area (Å²) in [6, 6.07) is 9.79. The summed E-state index contributed by atoms with van der Waals surface area (Å²) in [7, 11) is 0. The maximum atomic E-state index is 13.4. The Morgan fingerprint density at radius 1 is 1.16 bits per heavy atom. The van der Waals surface area contributed by atoms with E-state index >= 15 is 0 Å². The molecule has 134 valence electrons. The van der Waals surface area contributed by atoms with Crippen molar-refractivity contribution in [2.24, 2.45) is 5.92 Å². The minimum atomic E-state index is -0.871. The molecule has 0 N–H and O–H groups in total. The summed E-state index contributed by atoms with van der Waals surface area (Å²) in [5, 5.41) is 0. The Bertz CT molecular complexity index is 644. The third-order valence-corrected chi connectivity index (χ3v) is 5.61. The molecule has 1 saturated carbocycles. The molecular weight excluding hydrogens is 316 g/mol. The molecule has 3 aliphatic rings. The third-order valence-electron chi connectivity index (χ3n) is 5.61. The fourth-order valence-corrected chi connectivity index (χ4v) is 3.96. The molecule has 1 unspecified atom stereocenters. The number of hydrogen-bond acceptors (Lipinski definition) is 3. The molecule has 2 saturated heterocycles. The topological polar surface area (TPSA) is 49.9 Å². The molecule has 1 spiro atoms. The summed E-state index contributed by atoms with van der Waals surface area (Å²) in [6.45, 7) is 2.17. The molecule has 4 rings (SSSR count). The van der Waals surface area contributed by atoms with Crippen LogP contribution in [0, 0.1) is 5.92 Å². The van der Waals surface area contributed by atoms with Crippen LogP contribution in [0.2, 0.25) is 0 Å². The van der Waals surface area contributed by atoms with Crippen LogP contribution in [0.5, 0.6) is 0 Å². The lowest BCUT2D eigenvalue weighted by molar-refractivity contribution is -0.164. The van der Waals surface area contributed by atoms with E-state index in [2.05, 4.69) is 0 Å². The van der Waals surface area contributed by atoms with Gasteiger partial charge in [0.15, 0.2) is 5.60 Å². The summed E-state index contributed by atoms with van der Waals surface area (Å²) < 4.78 is 6.07. The van der Waals surface area contributed by atoms with Crippen molar-refractivity contribution >= 4 is 17.5 Å². The van der Waals surface area contributed by atoms with Crippen molar-refractivity contribution in [1.29, 1.82) is 0 Å². The van der Waals surface area contributed by atoms with E-state index in [0.717, 1.165) is 18.5 Å². The highest BCUT2D eigenvalue weighted by atomic mass is 16.5. The molecule has 25 heavy (non-hydrogen) atoms. The second-order valence-corrected chi connectivity index (χ2v) is 7.55. The first-order valence-electron chi connectivity index (χ1n) is 9.47. The maximum absolute atomic E-state index is 13.4. The Morgan fingerprint density at radius 3 is 2.72 bits per heavy atom. The van der Waals surface area contributed by atoms with Crippen LogP contribution in [-0.4, -0.2) is 48.6 Å². The van der Waals surface area contributed by atoms with Gasteiger partial charge in [0, 0.05) is 25.2 Å². The molecular formula is C20H26N2O3. The van der Waals surface area contributed by atoms with Gasteiger partial charge in [0.25, 0.3) is 5.91 Å². The predicted molar refractivity (Wildman–Crippen MR) is 95.3 cm³/mol. The lowest BCUT2D eigenvalue weighted by Crippen LogP contribution is -2.61. The van der Waals surface area contributed by atoms with E-state index in [1.165, 1.54) is 12.8 Å². The highest BCUT2D eigenvalue weighted by Gasteiger charge is 2.48. The zero-order valence-electron chi connectivity index (χ0n) is 14.7. The van der Waals surface area contributed by atoms with E-state index in [-0.39, 0.29) is 11.8 Å². The largest absolute Gasteiger partial charge is 0.361 e. The van der Waals surface area contributed by atoms with Gasteiger partial charge in [-0.3, -0.25) is 9.59 Å². The number of anilines is 1. The lowest BCUT2D eigenvalue weighted by Gasteiger charge is -2.42. The van der Waals surface area contributed by atoms with E-state index < -0.39 is 5.60 Å². The molecule has 1 aliphatic carbocycles. The van der Waals surface area contributed by atoms with Crippen LogP contribution in [0.15, 0.2) is 30.3 Å². The first kappa shape index (κ1) is 16.6. The van der Waals surface area contributed by atoms with Crippen molar-refractivity contribution in [2.45, 2.75) is 44.1 Å². The summed E-state index contributed by atoms with van der Waals surface area (Å²) >= 11 is 0. The second kappa shape index (κ2) is 6.79. The van der Waals surface area contributed by atoms with Gasteiger partial charge in [-0.25, -0.2) is 0 Å². The van der Waals surface area contributed by atoms with Gasteiger partial charge in [-0.2, -0.15) is 0 Å². The first-order chi connectivity index (χ1) is 12.2. The number of morpholine rings is 1. The first-order valence-corrected chi connectivity index (χ1v) is 9.47. The molecule has 1 aromatic carbocycles. The molecule has 0 bridgehead atoms. The number of ether oxygens (including phenoxy) is 1. The fraction of sp³-hybridized carbons (Fsp3) is 0.600. The normalized spacial score (nSPS) is 27.4. The van der Waals surface area contributed by atoms with Crippen LogP contribution in [0.4, 0.5) is 5.69 Å². The molecule has 0 radical (unpaired) electrons. The Morgan fingerprint density at radius 2 is 1.96 bits per heavy atom. The van der Waals surface area contributed by atoms with Crippen LogP contribution in [0.25, 0.3) is 0 Å². The molecule has 2 amide bonds. The standard InChI is InChI=1S/C20H26N2O3/c23-18(14-16-8-9-16)21-12-13-25-20(15-21)10-4-5-11-22(19(20)24)17-6-2-1-3-7-17/h1-3,6-7,16H,4-5,8-15H2. The van der Waals surface area contributed by atoms with Crippen molar-refractivity contribution in [3.8, 4) is 0 Å². The lowest BCUT2D eigenvalue weighted by atomic mass is 9.93. The SMILES string of the molecule is O=C(CC1CC1)N1CCOC2(CCCCN(c3ccccc3)C2=O)C1. The zero-order valence-corrected chi connectivity index (χ0v) is 14.7. The Hall–Kier alpha value is -1.88. The zero-order chi connectivity index (χ0) is 17.3. The van der Waals surface area contributed by atoms with Crippen LogP contribution < -0.4 is 4.90 Å². The second-order valence-electron chi connectivity index (χ2n) is 7.55. The van der Waals surface area contributed by atoms with E-state index in [0.29, 0.717) is 45.0 Å². The molecule has 0 aromatic heterocycles. The summed E-state index contributed by atoms with van der Waals surface area (Å²) in [5.74, 6) is 0.769. The van der Waals surface area contributed by atoms with Crippen molar-refractivity contribution in [3.05, 3.63) is 30.3 Å². The van der Waals surface area contributed by atoms with Crippen molar-refractivity contribution in [3.63, 3.8) is 0 Å². The van der Waals surface area contributed by atoms with E-state index in [4.69, 9.17) is 4.74 Å². The number of carbonyl (C=O) groups excluding carboxylic acids is 2. The van der Waals surface area contributed by atoms with E-state index in [1.807, 2.05) is 40.1 Å². The van der Waals surface area contributed by atoms with Crippen molar-refractivity contribution < 1.29 is 14.3 Å². The quantitative estimate of drug-likeness (QED) is 0.848. The van der Waals surface area contributed by atoms with Gasteiger partial charge < -0.3 is 14.5 Å². The maximum Gasteiger partial charge on any atom is 0.261 e. The Kier molecular flexibility index (Phi) is 4.50. The van der Waals surface area contributed by atoms with Crippen LogP contribution in [0.3, 0.4) is 0 Å². The number of para-hydroxylation sites is 1. The fourth-order valence-electron chi connectivity index (χ4n) is 3.96. The molecule has 1 aromatic rings. The predicted octanol–water partition coefficient (Wildman–Crippen LogP) is 2.60. The van der Waals surface area contributed by atoms with Crippen LogP contribution in [-0.2, 0) is 14.3 Å². The minimum absolute atomic E-state index is 0.0140. The Balaban J connectivity index is 1.55. The average Bonchev–Trinajstić information content (AvgIpc) is 3.47. The average molecular weight is 342 g/mol. The van der Waals surface area contributed by atoms with Gasteiger partial charge in [0.05, 0.1) is 13.2 Å². The summed E-state index contributed by atoms with van der Waals surface area (Å²) in [6.07, 6.45) is 5.57. The molecule has 2 aliphatic heterocycles. The van der Waals surface area contributed by atoms with E-state index in [9.17, 15) is 9.59 Å². The highest BCUT2D eigenvalue weighted by molar-refractivity contribution is 6.00. The number of hydrogen-bond donors (Lipinski definition) is 0. The van der Waals surface area contributed by atoms with Gasteiger partial charge in [-0.15, -0.1) is 0 Å². The number of nitrogens with zero attached hydrogens (tertiary/aromatic N) is 2. The minimum Gasteiger partial charge on any atom is -0.361 e. The van der Waals surface area contributed by atoms with E-state index in [1.54, 1.807) is 0 Å². The van der Waals surface area contributed by atoms with Gasteiger partial charge in [-0.1, -0.05) is 18.2 Å². The van der Waals surface area contributed by atoms with Crippen LogP contribution >= 0.6 is 0 Å². The molecule has 2 heterocycles. The van der Waals surface area contributed by atoms with Gasteiger partial charge >= 0.3 is 0 Å².